The number of hydrogen-bond acceptors (Lipinski definition) is 7. The maximum atomic E-state index is 12.4. The monoisotopic (exact) mass is 369 g/mol. The van der Waals surface area contributed by atoms with Gasteiger partial charge in [-0.1, -0.05) is 12.1 Å². The van der Waals surface area contributed by atoms with Crippen molar-refractivity contribution in [2.24, 2.45) is 0 Å². The van der Waals surface area contributed by atoms with Crippen molar-refractivity contribution in [2.45, 2.75) is 6.92 Å². The first-order valence-electron chi connectivity index (χ1n) is 7.35. The van der Waals surface area contributed by atoms with Crippen molar-refractivity contribution < 1.29 is 9.21 Å². The molecule has 3 aromatic heterocycles. The molecule has 0 saturated heterocycles. The highest BCUT2D eigenvalue weighted by Gasteiger charge is 2.15. The summed E-state index contributed by atoms with van der Waals surface area (Å²) in [6, 6.07) is 11.9. The Labute approximate surface area is 149 Å². The molecule has 4 rings (SSSR count). The van der Waals surface area contributed by atoms with Crippen LogP contribution in [0.5, 0.6) is 0 Å². The van der Waals surface area contributed by atoms with Gasteiger partial charge in [0.1, 0.15) is 5.58 Å². The van der Waals surface area contributed by atoms with E-state index >= 15 is 0 Å². The number of aryl methyl sites for hydroxylation is 1. The van der Waals surface area contributed by atoms with Gasteiger partial charge in [0.05, 0.1) is 10.3 Å². The number of rotatable bonds is 3. The summed E-state index contributed by atoms with van der Waals surface area (Å²) in [4.78, 5) is 30.8. The Morgan fingerprint density at radius 2 is 2.04 bits per heavy atom. The molecule has 25 heavy (non-hydrogen) atoms. The predicted octanol–water partition coefficient (Wildman–Crippen LogP) is 3.93. The number of benzene rings is 1. The van der Waals surface area contributed by atoms with Crippen molar-refractivity contribution in [3.8, 4) is 10.7 Å². The number of anilines is 1. The lowest BCUT2D eigenvalue weighted by Crippen LogP contribution is -2.14. The summed E-state index contributed by atoms with van der Waals surface area (Å²) in [5.41, 5.74) is 0.103. The quantitative estimate of drug-likeness (QED) is 0.591. The fraction of sp³-hybridized carbons (Fsp3) is 0.0588. The van der Waals surface area contributed by atoms with E-state index < -0.39 is 5.91 Å². The second-order valence-corrected chi connectivity index (χ2v) is 7.30. The van der Waals surface area contributed by atoms with Crippen LogP contribution in [-0.2, 0) is 0 Å². The Morgan fingerprint density at radius 3 is 2.84 bits per heavy atom. The fourth-order valence-electron chi connectivity index (χ4n) is 2.30. The second kappa shape index (κ2) is 6.23. The average Bonchev–Trinajstić information content (AvgIpc) is 3.23. The molecule has 8 heteroatoms. The molecule has 1 N–H and O–H groups in total. The maximum absolute atomic E-state index is 12.4. The third-order valence-electron chi connectivity index (χ3n) is 3.47. The SMILES string of the molecule is Cc1ccc(-c2nsc(NC(=O)c3cc(=O)c4ccccc4o3)n2)s1. The largest absolute Gasteiger partial charge is 0.451 e. The highest BCUT2D eigenvalue weighted by molar-refractivity contribution is 7.15. The van der Waals surface area contributed by atoms with Crippen molar-refractivity contribution in [2.75, 3.05) is 5.32 Å². The van der Waals surface area contributed by atoms with E-state index in [0.717, 1.165) is 21.3 Å². The number of carbonyl (C=O) groups is 1. The molecule has 0 bridgehead atoms. The summed E-state index contributed by atoms with van der Waals surface area (Å²) in [5, 5.41) is 3.41. The molecule has 0 saturated carbocycles. The molecular weight excluding hydrogens is 358 g/mol. The number of nitrogens with zero attached hydrogens (tertiary/aromatic N) is 2. The van der Waals surface area contributed by atoms with Crippen molar-refractivity contribution in [1.82, 2.24) is 9.36 Å². The zero-order chi connectivity index (χ0) is 17.4. The summed E-state index contributed by atoms with van der Waals surface area (Å²) in [5.74, 6) is -0.0290. The smallest absolute Gasteiger partial charge is 0.293 e. The van der Waals surface area contributed by atoms with Crippen LogP contribution in [0.3, 0.4) is 0 Å². The Kier molecular flexibility index (Phi) is 3.90. The number of para-hydroxylation sites is 1. The van der Waals surface area contributed by atoms with Crippen LogP contribution in [-0.4, -0.2) is 15.3 Å². The molecular formula is C17H11N3O3S2. The minimum absolute atomic E-state index is 0.0626. The van der Waals surface area contributed by atoms with Crippen molar-refractivity contribution in [3.05, 3.63) is 63.3 Å². The average molecular weight is 369 g/mol. The minimum atomic E-state index is -0.534. The molecule has 0 aliphatic rings. The summed E-state index contributed by atoms with van der Waals surface area (Å²) in [6.45, 7) is 2.00. The standard InChI is InChI=1S/C17H11N3O3S2/c1-9-6-7-14(24-9)15-18-17(25-20-15)19-16(22)13-8-11(21)10-4-2-3-5-12(10)23-13/h2-8H,1H3,(H,18,19,20,22). The molecule has 0 spiro atoms. The van der Waals surface area contributed by atoms with Gasteiger partial charge in [0.2, 0.25) is 5.13 Å². The van der Waals surface area contributed by atoms with Gasteiger partial charge in [-0.3, -0.25) is 14.9 Å². The van der Waals surface area contributed by atoms with Gasteiger partial charge in [0, 0.05) is 22.5 Å². The van der Waals surface area contributed by atoms with Crippen LogP contribution in [0.4, 0.5) is 5.13 Å². The number of fused-ring (bicyclic) bond motifs is 1. The van der Waals surface area contributed by atoms with Crippen molar-refractivity contribution in [1.29, 1.82) is 0 Å². The highest BCUT2D eigenvalue weighted by atomic mass is 32.1. The predicted molar refractivity (Wildman–Crippen MR) is 98.4 cm³/mol. The molecule has 0 atom stereocenters. The number of nitrogens with one attached hydrogen (secondary N) is 1. The fourth-order valence-corrected chi connectivity index (χ4v) is 3.74. The van der Waals surface area contributed by atoms with Crippen LogP contribution in [0.15, 0.2) is 51.7 Å². The van der Waals surface area contributed by atoms with E-state index in [1.807, 2.05) is 19.1 Å². The third kappa shape index (κ3) is 3.09. The summed E-state index contributed by atoms with van der Waals surface area (Å²) in [7, 11) is 0. The van der Waals surface area contributed by atoms with Crippen LogP contribution in [0.2, 0.25) is 0 Å². The van der Waals surface area contributed by atoms with Gasteiger partial charge >= 0.3 is 0 Å². The Morgan fingerprint density at radius 1 is 1.20 bits per heavy atom. The Bertz CT molecular complexity index is 1140. The molecule has 6 nitrogen and oxygen atoms in total. The molecule has 1 aromatic carbocycles. The lowest BCUT2D eigenvalue weighted by atomic mass is 10.2. The molecule has 0 aliphatic heterocycles. The zero-order valence-electron chi connectivity index (χ0n) is 13.0. The summed E-state index contributed by atoms with van der Waals surface area (Å²) >= 11 is 2.66. The normalized spacial score (nSPS) is 10.9. The van der Waals surface area contributed by atoms with E-state index in [1.54, 1.807) is 35.6 Å². The first-order chi connectivity index (χ1) is 12.1. The minimum Gasteiger partial charge on any atom is -0.451 e. The van der Waals surface area contributed by atoms with Crippen LogP contribution < -0.4 is 10.7 Å². The first kappa shape index (κ1) is 15.7. The first-order valence-corrected chi connectivity index (χ1v) is 8.94. The zero-order valence-corrected chi connectivity index (χ0v) is 14.6. The van der Waals surface area contributed by atoms with Gasteiger partial charge < -0.3 is 4.42 Å². The summed E-state index contributed by atoms with van der Waals surface area (Å²) in [6.07, 6.45) is 0. The van der Waals surface area contributed by atoms with E-state index in [2.05, 4.69) is 14.7 Å². The van der Waals surface area contributed by atoms with Crippen molar-refractivity contribution >= 4 is 44.9 Å². The topological polar surface area (TPSA) is 85.1 Å². The molecule has 3 heterocycles. The van der Waals surface area contributed by atoms with Gasteiger partial charge in [-0.15, -0.1) is 11.3 Å². The van der Waals surface area contributed by atoms with Gasteiger partial charge in [0.25, 0.3) is 5.91 Å². The Balaban J connectivity index is 1.60. The van der Waals surface area contributed by atoms with E-state index in [9.17, 15) is 9.59 Å². The van der Waals surface area contributed by atoms with Gasteiger partial charge in [-0.2, -0.15) is 9.36 Å². The van der Waals surface area contributed by atoms with Gasteiger partial charge in [-0.25, -0.2) is 0 Å². The van der Waals surface area contributed by atoms with E-state index in [4.69, 9.17) is 4.42 Å². The van der Waals surface area contributed by atoms with Crippen LogP contribution in [0.25, 0.3) is 21.7 Å². The molecule has 0 fully saturated rings. The van der Waals surface area contributed by atoms with Crippen LogP contribution in [0.1, 0.15) is 15.4 Å². The van der Waals surface area contributed by atoms with Gasteiger partial charge in [0.15, 0.2) is 17.0 Å². The van der Waals surface area contributed by atoms with Crippen LogP contribution in [0, 0.1) is 6.92 Å². The lowest BCUT2D eigenvalue weighted by molar-refractivity contribution is 0.0997. The summed E-state index contributed by atoms with van der Waals surface area (Å²) < 4.78 is 9.77. The molecule has 0 radical (unpaired) electrons. The number of thiophene rings is 1. The third-order valence-corrected chi connectivity index (χ3v) is 5.09. The maximum Gasteiger partial charge on any atom is 0.293 e. The molecule has 0 unspecified atom stereocenters. The number of amides is 1. The number of hydrogen-bond donors (Lipinski definition) is 1. The van der Waals surface area contributed by atoms with E-state index in [0.29, 0.717) is 21.9 Å². The molecule has 1 amide bonds. The number of aromatic nitrogens is 2. The highest BCUT2D eigenvalue weighted by Crippen LogP contribution is 2.27. The van der Waals surface area contributed by atoms with E-state index in [1.165, 1.54) is 6.07 Å². The van der Waals surface area contributed by atoms with Crippen LogP contribution >= 0.6 is 22.9 Å². The Hall–Kier alpha value is -2.84. The van der Waals surface area contributed by atoms with E-state index in [-0.39, 0.29) is 11.2 Å². The molecule has 4 aromatic rings. The van der Waals surface area contributed by atoms with Crippen molar-refractivity contribution in [3.63, 3.8) is 0 Å². The second-order valence-electron chi connectivity index (χ2n) is 5.26. The molecule has 0 aliphatic carbocycles. The lowest BCUT2D eigenvalue weighted by Gasteiger charge is -2.02. The van der Waals surface area contributed by atoms with Gasteiger partial charge in [-0.05, 0) is 31.2 Å². The number of carbonyl (C=O) groups excluding carboxylic acids is 1. The molecule has 124 valence electrons.